The number of para-hydroxylation sites is 2. The molecule has 0 radical (unpaired) electrons. The number of nitrogens with one attached hydrogen (secondary N) is 2. The summed E-state index contributed by atoms with van der Waals surface area (Å²) in [5, 5.41) is 1.29. The molecule has 2 atom stereocenters. The van der Waals surface area contributed by atoms with Gasteiger partial charge < -0.3 is 19.8 Å². The number of rotatable bonds is 12. The van der Waals surface area contributed by atoms with E-state index in [1.165, 1.54) is 0 Å². The molecule has 2 unspecified atom stereocenters. The summed E-state index contributed by atoms with van der Waals surface area (Å²) in [5.74, 6) is -2.73. The molecule has 3 rings (SSSR count). The fraction of sp³-hybridized carbons (Fsp3) is 0.333. The highest BCUT2D eigenvalue weighted by atomic mass is 32.2. The van der Waals surface area contributed by atoms with Crippen LogP contribution in [0.4, 0.5) is 4.79 Å². The summed E-state index contributed by atoms with van der Waals surface area (Å²) in [6, 6.07) is 14.7. The van der Waals surface area contributed by atoms with Gasteiger partial charge in [-0.15, -0.1) is 0 Å². The Hall–Kier alpha value is -3.78. The normalized spacial score (nSPS) is 13.4. The lowest BCUT2D eigenvalue weighted by Gasteiger charge is -2.19. The van der Waals surface area contributed by atoms with Gasteiger partial charge in [-0.05, 0) is 24.1 Å². The van der Waals surface area contributed by atoms with Crippen LogP contribution in [0.25, 0.3) is 11.1 Å². The second-order valence-corrected chi connectivity index (χ2v) is 12.8. The predicted octanol–water partition coefficient (Wildman–Crippen LogP) is 1.27. The molecule has 0 aliphatic rings. The Kier molecular flexibility index (Phi) is 9.22. The number of nitrogens with zero attached hydrogens (tertiary/aromatic N) is 1. The van der Waals surface area contributed by atoms with Crippen molar-refractivity contribution in [3.63, 3.8) is 0 Å². The SMILES string of the molecule is COC(=O)NCC(C(=O)NCCC(C(=O)c1nc2ccccc2o1)S(C)(=O)=O)S(=O)(=O)Cc1ccccc1. The molecule has 204 valence electrons. The summed E-state index contributed by atoms with van der Waals surface area (Å²) in [5.41, 5.74) is 1.12. The minimum atomic E-state index is -4.12. The van der Waals surface area contributed by atoms with Crippen LogP contribution in [0.15, 0.2) is 59.0 Å². The van der Waals surface area contributed by atoms with E-state index in [9.17, 15) is 31.2 Å². The Bertz CT molecular complexity index is 1480. The third-order valence-electron chi connectivity index (χ3n) is 5.57. The van der Waals surface area contributed by atoms with E-state index in [1.54, 1.807) is 54.6 Å². The number of Topliss-reactive ketones (excluding diaryl/α,β-unsaturated/α-hetero) is 1. The number of amides is 2. The Morgan fingerprint density at radius 2 is 1.61 bits per heavy atom. The molecule has 2 N–H and O–H groups in total. The molecule has 0 spiro atoms. The molecule has 12 nitrogen and oxygen atoms in total. The highest BCUT2D eigenvalue weighted by Gasteiger charge is 2.35. The number of fused-ring (bicyclic) bond motifs is 1. The second-order valence-electron chi connectivity index (χ2n) is 8.40. The molecule has 0 aliphatic heterocycles. The molecule has 1 aromatic heterocycles. The third kappa shape index (κ3) is 7.38. The molecular weight excluding hydrogens is 538 g/mol. The first kappa shape index (κ1) is 28.8. The summed E-state index contributed by atoms with van der Waals surface area (Å²) in [6.45, 7) is -0.927. The molecule has 2 aromatic carbocycles. The smallest absolute Gasteiger partial charge is 0.406 e. The van der Waals surface area contributed by atoms with Gasteiger partial charge in [-0.25, -0.2) is 26.6 Å². The van der Waals surface area contributed by atoms with Crippen molar-refractivity contribution in [1.82, 2.24) is 15.6 Å². The second kappa shape index (κ2) is 12.2. The van der Waals surface area contributed by atoms with Crippen molar-refractivity contribution in [1.29, 1.82) is 0 Å². The van der Waals surface area contributed by atoms with Gasteiger partial charge in [0.1, 0.15) is 10.8 Å². The van der Waals surface area contributed by atoms with Gasteiger partial charge in [-0.1, -0.05) is 42.5 Å². The van der Waals surface area contributed by atoms with Gasteiger partial charge in [0.15, 0.2) is 30.5 Å². The van der Waals surface area contributed by atoms with Crippen molar-refractivity contribution < 1.29 is 40.4 Å². The van der Waals surface area contributed by atoms with Crippen LogP contribution in [0.5, 0.6) is 0 Å². The Morgan fingerprint density at radius 1 is 0.947 bits per heavy atom. The van der Waals surface area contributed by atoms with Gasteiger partial charge in [0.25, 0.3) is 5.89 Å². The lowest BCUT2D eigenvalue weighted by molar-refractivity contribution is -0.120. The standard InChI is InChI=1S/C24H27N3O9S2/c1-35-24(30)26-14-20(38(33,34)15-16-8-4-3-5-9-16)22(29)25-13-12-19(37(2,31)32)21(28)23-27-17-10-6-7-11-18(17)36-23/h3-11,19-20H,12-15H2,1-2H3,(H,25,29)(H,26,30). The molecule has 38 heavy (non-hydrogen) atoms. The highest BCUT2D eigenvalue weighted by molar-refractivity contribution is 7.92. The van der Waals surface area contributed by atoms with Crippen molar-refractivity contribution in [2.75, 3.05) is 26.5 Å². The molecule has 0 bridgehead atoms. The molecule has 1 heterocycles. The summed E-state index contributed by atoms with van der Waals surface area (Å²) in [4.78, 5) is 41.4. The Labute approximate surface area is 219 Å². The summed E-state index contributed by atoms with van der Waals surface area (Å²) >= 11 is 0. The number of carbonyl (C=O) groups excluding carboxylic acids is 3. The molecular formula is C24H27N3O9S2. The molecule has 0 saturated heterocycles. The van der Waals surface area contributed by atoms with E-state index >= 15 is 0 Å². The third-order valence-corrected chi connectivity index (χ3v) is 9.04. The van der Waals surface area contributed by atoms with Crippen molar-refractivity contribution >= 4 is 48.6 Å². The lowest BCUT2D eigenvalue weighted by atomic mass is 10.2. The minimum absolute atomic E-state index is 0.306. The molecule has 0 fully saturated rings. The number of alkyl carbamates (subject to hydrolysis) is 1. The van der Waals surface area contributed by atoms with Crippen LogP contribution in [0.3, 0.4) is 0 Å². The van der Waals surface area contributed by atoms with Crippen LogP contribution in [0.1, 0.15) is 22.7 Å². The topological polar surface area (TPSA) is 179 Å². The van der Waals surface area contributed by atoms with Crippen LogP contribution < -0.4 is 10.6 Å². The first-order chi connectivity index (χ1) is 17.9. The van der Waals surface area contributed by atoms with E-state index < -0.39 is 66.1 Å². The van der Waals surface area contributed by atoms with Crippen LogP contribution in [0, 0.1) is 0 Å². The number of benzene rings is 2. The van der Waals surface area contributed by atoms with E-state index in [0.29, 0.717) is 16.7 Å². The number of hydrogen-bond donors (Lipinski definition) is 2. The van der Waals surface area contributed by atoms with Crippen molar-refractivity contribution in [3.8, 4) is 0 Å². The first-order valence-electron chi connectivity index (χ1n) is 11.4. The maximum Gasteiger partial charge on any atom is 0.406 e. The number of aromatic nitrogens is 1. The number of carbonyl (C=O) groups is 3. The van der Waals surface area contributed by atoms with Gasteiger partial charge in [0.2, 0.25) is 11.7 Å². The predicted molar refractivity (Wildman–Crippen MR) is 138 cm³/mol. The van der Waals surface area contributed by atoms with Gasteiger partial charge in [-0.3, -0.25) is 9.59 Å². The number of ether oxygens (including phenoxy) is 1. The summed E-state index contributed by atoms with van der Waals surface area (Å²) in [6.07, 6.45) is -0.426. The highest BCUT2D eigenvalue weighted by Crippen LogP contribution is 2.19. The summed E-state index contributed by atoms with van der Waals surface area (Å²) in [7, 11) is -6.99. The molecule has 0 aliphatic carbocycles. The van der Waals surface area contributed by atoms with E-state index in [1.807, 2.05) is 0 Å². The van der Waals surface area contributed by atoms with Crippen LogP contribution in [-0.2, 0) is 35.0 Å². The maximum atomic E-state index is 13.1. The number of hydrogen-bond acceptors (Lipinski definition) is 10. The van der Waals surface area contributed by atoms with Crippen molar-refractivity contribution in [2.24, 2.45) is 0 Å². The molecule has 14 heteroatoms. The molecule has 0 saturated carbocycles. The molecule has 3 aromatic rings. The fourth-order valence-electron chi connectivity index (χ4n) is 3.63. The van der Waals surface area contributed by atoms with E-state index in [0.717, 1.165) is 13.4 Å². The fourth-order valence-corrected chi connectivity index (χ4v) is 6.27. The number of methoxy groups -OCH3 is 1. The largest absolute Gasteiger partial charge is 0.453 e. The van der Waals surface area contributed by atoms with Crippen molar-refractivity contribution in [3.05, 3.63) is 66.1 Å². The number of ketones is 1. The average Bonchev–Trinajstić information content (AvgIpc) is 3.30. The van der Waals surface area contributed by atoms with Crippen LogP contribution in [-0.4, -0.2) is 76.6 Å². The van der Waals surface area contributed by atoms with Gasteiger partial charge in [0.05, 0.1) is 12.9 Å². The minimum Gasteiger partial charge on any atom is -0.453 e. The van der Waals surface area contributed by atoms with E-state index in [-0.39, 0.29) is 13.0 Å². The number of sulfone groups is 2. The van der Waals surface area contributed by atoms with Gasteiger partial charge >= 0.3 is 6.09 Å². The Balaban J connectivity index is 1.74. The van der Waals surface area contributed by atoms with Crippen molar-refractivity contribution in [2.45, 2.75) is 22.7 Å². The molecule has 2 amide bonds. The quantitative estimate of drug-likeness (QED) is 0.304. The first-order valence-corrected chi connectivity index (χ1v) is 15.0. The number of oxazole rings is 1. The monoisotopic (exact) mass is 565 g/mol. The zero-order valence-electron chi connectivity index (χ0n) is 20.6. The van der Waals surface area contributed by atoms with E-state index in [2.05, 4.69) is 20.4 Å². The van der Waals surface area contributed by atoms with E-state index in [4.69, 9.17) is 4.42 Å². The van der Waals surface area contributed by atoms with Gasteiger partial charge in [-0.2, -0.15) is 0 Å². The summed E-state index contributed by atoms with van der Waals surface area (Å²) < 4.78 is 60.7. The Morgan fingerprint density at radius 3 is 2.24 bits per heavy atom. The zero-order chi connectivity index (χ0) is 27.9. The average molecular weight is 566 g/mol. The maximum absolute atomic E-state index is 13.1. The van der Waals surface area contributed by atoms with Crippen LogP contribution >= 0.6 is 0 Å². The lowest BCUT2D eigenvalue weighted by Crippen LogP contribution is -2.48. The zero-order valence-corrected chi connectivity index (χ0v) is 22.3. The van der Waals surface area contributed by atoms with Crippen LogP contribution in [0.2, 0.25) is 0 Å². The van der Waals surface area contributed by atoms with Gasteiger partial charge in [0, 0.05) is 19.3 Å².